The van der Waals surface area contributed by atoms with E-state index in [9.17, 15) is 13.2 Å². The van der Waals surface area contributed by atoms with Crippen LogP contribution in [0.4, 0.5) is 18.9 Å². The summed E-state index contributed by atoms with van der Waals surface area (Å²) in [6.45, 7) is 1.90. The normalized spacial score (nSPS) is 18.7. The molecule has 2 nitrogen and oxygen atoms in total. The van der Waals surface area contributed by atoms with Gasteiger partial charge in [0.1, 0.15) is 0 Å². The second-order valence-corrected chi connectivity index (χ2v) is 5.15. The molecule has 5 heteroatoms. The van der Waals surface area contributed by atoms with Crippen LogP contribution >= 0.6 is 0 Å². The minimum Gasteiger partial charge on any atom is -0.399 e. The largest absolute Gasteiger partial charge is 0.399 e. The van der Waals surface area contributed by atoms with Gasteiger partial charge < -0.3 is 10.6 Å². The Morgan fingerprint density at radius 1 is 1.11 bits per heavy atom. The van der Waals surface area contributed by atoms with Crippen molar-refractivity contribution >= 4 is 5.69 Å². The Kier molecular flexibility index (Phi) is 4.34. The number of nitrogen functional groups attached to an aromatic ring is 1. The van der Waals surface area contributed by atoms with Gasteiger partial charge in [-0.15, -0.1) is 0 Å². The maximum atomic E-state index is 12.5. The van der Waals surface area contributed by atoms with Gasteiger partial charge in [0.25, 0.3) is 0 Å². The molecule has 1 aromatic rings. The fraction of sp³-hybridized carbons (Fsp3) is 0.571. The van der Waals surface area contributed by atoms with Crippen LogP contribution in [-0.2, 0) is 6.42 Å². The van der Waals surface area contributed by atoms with Crippen molar-refractivity contribution in [3.8, 4) is 0 Å². The summed E-state index contributed by atoms with van der Waals surface area (Å²) in [6.07, 6.45) is -2.71. The molecule has 106 valence electrons. The lowest BCUT2D eigenvalue weighted by Gasteiger charge is -2.32. The Morgan fingerprint density at radius 3 is 2.21 bits per heavy atom. The van der Waals surface area contributed by atoms with Crippen molar-refractivity contribution < 1.29 is 13.2 Å². The minimum absolute atomic E-state index is 0.227. The molecule has 1 aliphatic rings. The van der Waals surface area contributed by atoms with Crippen molar-refractivity contribution in [3.63, 3.8) is 0 Å². The first-order valence-electron chi connectivity index (χ1n) is 6.58. The maximum absolute atomic E-state index is 12.5. The Bertz CT molecular complexity index is 392. The van der Waals surface area contributed by atoms with Gasteiger partial charge in [-0.25, -0.2) is 0 Å². The summed E-state index contributed by atoms with van der Waals surface area (Å²) in [6, 6.07) is 7.64. The molecule has 0 aliphatic carbocycles. The number of nitrogens with two attached hydrogens (primary N) is 1. The van der Waals surface area contributed by atoms with Crippen molar-refractivity contribution in [3.05, 3.63) is 29.8 Å². The number of anilines is 1. The molecule has 1 heterocycles. The fourth-order valence-electron chi connectivity index (χ4n) is 2.46. The third-order valence-corrected chi connectivity index (χ3v) is 3.75. The predicted octanol–water partition coefficient (Wildman–Crippen LogP) is 3.09. The summed E-state index contributed by atoms with van der Waals surface area (Å²) in [7, 11) is 0. The van der Waals surface area contributed by atoms with Gasteiger partial charge in [0.15, 0.2) is 0 Å². The molecule has 0 atom stereocenters. The van der Waals surface area contributed by atoms with Crippen LogP contribution in [0, 0.1) is 5.92 Å². The van der Waals surface area contributed by atoms with Gasteiger partial charge >= 0.3 is 6.18 Å². The molecule has 19 heavy (non-hydrogen) atoms. The Hall–Kier alpha value is -1.23. The number of alkyl halides is 3. The Labute approximate surface area is 111 Å². The van der Waals surface area contributed by atoms with Crippen LogP contribution in [-0.4, -0.2) is 30.7 Å². The average molecular weight is 272 g/mol. The summed E-state index contributed by atoms with van der Waals surface area (Å²) in [4.78, 5) is 2.11. The van der Waals surface area contributed by atoms with Crippen molar-refractivity contribution in [2.75, 3.05) is 25.4 Å². The number of nitrogens with zero attached hydrogens (tertiary/aromatic N) is 1. The molecule has 0 amide bonds. The van der Waals surface area contributed by atoms with Gasteiger partial charge in [-0.3, -0.25) is 0 Å². The number of rotatable bonds is 3. The fourth-order valence-corrected chi connectivity index (χ4v) is 2.46. The number of piperidine rings is 1. The standard InChI is InChI=1S/C14H19F3N2/c15-14(16,17)12-6-9-19(10-7-12)8-5-11-1-3-13(18)4-2-11/h1-4,12H,5-10,18H2. The van der Waals surface area contributed by atoms with Crippen molar-refractivity contribution in [1.82, 2.24) is 4.90 Å². The summed E-state index contributed by atoms with van der Waals surface area (Å²) in [5.74, 6) is -1.11. The highest BCUT2D eigenvalue weighted by Crippen LogP contribution is 2.34. The van der Waals surface area contributed by atoms with E-state index in [0.29, 0.717) is 13.1 Å². The van der Waals surface area contributed by atoms with Crippen LogP contribution in [0.2, 0.25) is 0 Å². The van der Waals surface area contributed by atoms with E-state index in [1.54, 1.807) is 0 Å². The summed E-state index contributed by atoms with van der Waals surface area (Å²) < 4.78 is 37.6. The van der Waals surface area contributed by atoms with Gasteiger partial charge in [-0.1, -0.05) is 12.1 Å². The molecule has 1 fully saturated rings. The lowest BCUT2D eigenvalue weighted by Crippen LogP contribution is -2.39. The molecule has 1 aliphatic heterocycles. The quantitative estimate of drug-likeness (QED) is 0.857. The molecule has 0 unspecified atom stereocenters. The van der Waals surface area contributed by atoms with Gasteiger partial charge in [0, 0.05) is 12.2 Å². The van der Waals surface area contributed by atoms with Gasteiger partial charge in [-0.05, 0) is 50.0 Å². The molecule has 0 spiro atoms. The predicted molar refractivity (Wildman–Crippen MR) is 69.8 cm³/mol. The number of hydrogen-bond donors (Lipinski definition) is 1. The minimum atomic E-state index is -4.02. The topological polar surface area (TPSA) is 29.3 Å². The molecule has 0 saturated carbocycles. The number of benzene rings is 1. The van der Waals surface area contributed by atoms with Gasteiger partial charge in [-0.2, -0.15) is 13.2 Å². The first kappa shape index (κ1) is 14.2. The van der Waals surface area contributed by atoms with Crippen LogP contribution in [0.1, 0.15) is 18.4 Å². The molecule has 2 N–H and O–H groups in total. The van der Waals surface area contributed by atoms with Crippen molar-refractivity contribution in [2.45, 2.75) is 25.4 Å². The number of hydrogen-bond acceptors (Lipinski definition) is 2. The van der Waals surface area contributed by atoms with E-state index in [0.717, 1.165) is 18.7 Å². The third kappa shape index (κ3) is 4.13. The molecular weight excluding hydrogens is 253 g/mol. The smallest absolute Gasteiger partial charge is 0.391 e. The van der Waals surface area contributed by atoms with Crippen molar-refractivity contribution in [2.24, 2.45) is 5.92 Å². The monoisotopic (exact) mass is 272 g/mol. The molecule has 2 rings (SSSR count). The molecule has 1 aromatic carbocycles. The van der Waals surface area contributed by atoms with E-state index < -0.39 is 12.1 Å². The lowest BCUT2D eigenvalue weighted by atomic mass is 9.96. The first-order valence-corrected chi connectivity index (χ1v) is 6.58. The lowest BCUT2D eigenvalue weighted by molar-refractivity contribution is -0.185. The number of likely N-dealkylation sites (tertiary alicyclic amines) is 1. The zero-order chi connectivity index (χ0) is 13.9. The van der Waals surface area contributed by atoms with E-state index in [1.807, 2.05) is 24.3 Å². The average Bonchev–Trinajstić information content (AvgIpc) is 2.37. The zero-order valence-corrected chi connectivity index (χ0v) is 10.8. The van der Waals surface area contributed by atoms with Gasteiger partial charge in [0.05, 0.1) is 5.92 Å². The van der Waals surface area contributed by atoms with E-state index >= 15 is 0 Å². The van der Waals surface area contributed by atoms with Crippen LogP contribution in [0.25, 0.3) is 0 Å². The SMILES string of the molecule is Nc1ccc(CCN2CCC(C(F)(F)F)CC2)cc1. The van der Waals surface area contributed by atoms with Crippen LogP contribution < -0.4 is 5.73 Å². The van der Waals surface area contributed by atoms with E-state index in [4.69, 9.17) is 5.73 Å². The van der Waals surface area contributed by atoms with Crippen LogP contribution in [0.5, 0.6) is 0 Å². The van der Waals surface area contributed by atoms with Crippen molar-refractivity contribution in [1.29, 1.82) is 0 Å². The second kappa shape index (κ2) is 5.82. The second-order valence-electron chi connectivity index (χ2n) is 5.15. The summed E-state index contributed by atoms with van der Waals surface area (Å²) in [5.41, 5.74) is 7.51. The molecule has 0 bridgehead atoms. The zero-order valence-electron chi connectivity index (χ0n) is 10.8. The highest BCUT2D eigenvalue weighted by atomic mass is 19.4. The first-order chi connectivity index (χ1) is 8.95. The summed E-state index contributed by atoms with van der Waals surface area (Å²) in [5, 5.41) is 0. The molecule has 0 aromatic heterocycles. The highest BCUT2D eigenvalue weighted by Gasteiger charge is 2.40. The van der Waals surface area contributed by atoms with E-state index in [-0.39, 0.29) is 12.8 Å². The maximum Gasteiger partial charge on any atom is 0.391 e. The molecule has 1 saturated heterocycles. The van der Waals surface area contributed by atoms with Gasteiger partial charge in [0.2, 0.25) is 0 Å². The highest BCUT2D eigenvalue weighted by molar-refractivity contribution is 5.39. The molecule has 0 radical (unpaired) electrons. The van der Waals surface area contributed by atoms with E-state index in [2.05, 4.69) is 4.90 Å². The molecular formula is C14H19F3N2. The Balaban J connectivity index is 1.75. The summed E-state index contributed by atoms with van der Waals surface area (Å²) >= 11 is 0. The Morgan fingerprint density at radius 2 is 1.68 bits per heavy atom. The van der Waals surface area contributed by atoms with Crippen LogP contribution in [0.15, 0.2) is 24.3 Å². The van der Waals surface area contributed by atoms with E-state index in [1.165, 1.54) is 5.56 Å². The third-order valence-electron chi connectivity index (χ3n) is 3.75. The van der Waals surface area contributed by atoms with Crippen LogP contribution in [0.3, 0.4) is 0 Å². The number of halogens is 3.